The molecule has 1 atom stereocenters. The maximum atomic E-state index is 12.4. The van der Waals surface area contributed by atoms with Crippen LogP contribution in [0.25, 0.3) is 0 Å². The Morgan fingerprint density at radius 2 is 2.20 bits per heavy atom. The number of thioether (sulfide) groups is 1. The zero-order valence-corrected chi connectivity index (χ0v) is 13.6. The lowest BCUT2D eigenvalue weighted by atomic mass is 10.1. The normalized spacial score (nSPS) is 19.4. The summed E-state index contributed by atoms with van der Waals surface area (Å²) < 4.78 is 27.6. The Labute approximate surface area is 125 Å². The Balaban J connectivity index is 2.17. The Morgan fingerprint density at radius 1 is 1.40 bits per heavy atom. The number of nitrogens with one attached hydrogen (secondary N) is 2. The van der Waals surface area contributed by atoms with Gasteiger partial charge < -0.3 is 5.32 Å². The Bertz CT molecular complexity index is 552. The highest BCUT2D eigenvalue weighted by atomic mass is 32.2. The van der Waals surface area contributed by atoms with Gasteiger partial charge in [0.1, 0.15) is 0 Å². The van der Waals surface area contributed by atoms with E-state index in [0.717, 1.165) is 35.6 Å². The van der Waals surface area contributed by atoms with Gasteiger partial charge in [0.15, 0.2) is 0 Å². The van der Waals surface area contributed by atoms with Gasteiger partial charge in [-0.3, -0.25) is 0 Å². The number of sulfonamides is 1. The van der Waals surface area contributed by atoms with Crippen molar-refractivity contribution in [2.75, 3.05) is 18.1 Å². The largest absolute Gasteiger partial charge is 0.313 e. The molecule has 1 fully saturated rings. The van der Waals surface area contributed by atoms with Gasteiger partial charge in [0, 0.05) is 18.3 Å². The molecule has 0 aliphatic carbocycles. The van der Waals surface area contributed by atoms with Gasteiger partial charge in [-0.05, 0) is 48.9 Å². The molecule has 0 amide bonds. The van der Waals surface area contributed by atoms with Crippen LogP contribution in [0.5, 0.6) is 0 Å². The molecule has 1 saturated heterocycles. The topological polar surface area (TPSA) is 58.2 Å². The molecule has 4 nitrogen and oxygen atoms in total. The summed E-state index contributed by atoms with van der Waals surface area (Å²) in [4.78, 5) is 0.368. The van der Waals surface area contributed by atoms with E-state index in [0.29, 0.717) is 11.4 Å². The van der Waals surface area contributed by atoms with Crippen LogP contribution in [0, 0.1) is 6.92 Å². The van der Waals surface area contributed by atoms with Crippen LogP contribution in [0.4, 0.5) is 0 Å². The molecule has 1 heterocycles. The molecule has 0 radical (unpaired) electrons. The summed E-state index contributed by atoms with van der Waals surface area (Å²) in [6.45, 7) is 5.61. The van der Waals surface area contributed by atoms with E-state index in [1.54, 1.807) is 23.9 Å². The molecule has 6 heteroatoms. The second kappa shape index (κ2) is 6.93. The molecule has 0 spiro atoms. The third-order valence-corrected chi connectivity index (χ3v) is 6.13. The smallest absolute Gasteiger partial charge is 0.240 e. The van der Waals surface area contributed by atoms with Crippen LogP contribution in [0.3, 0.4) is 0 Å². The SMILES string of the molecule is CCNCc1cc(S(=O)(=O)NC2CCSC2)ccc1C. The summed E-state index contributed by atoms with van der Waals surface area (Å²) >= 11 is 1.80. The molecular weight excluding hydrogens is 292 g/mol. The summed E-state index contributed by atoms with van der Waals surface area (Å²) in [5.41, 5.74) is 2.15. The maximum absolute atomic E-state index is 12.4. The van der Waals surface area contributed by atoms with E-state index < -0.39 is 10.0 Å². The highest BCUT2D eigenvalue weighted by Gasteiger charge is 2.23. The molecule has 1 aromatic carbocycles. The van der Waals surface area contributed by atoms with E-state index in [1.165, 1.54) is 0 Å². The van der Waals surface area contributed by atoms with Gasteiger partial charge in [-0.25, -0.2) is 13.1 Å². The lowest BCUT2D eigenvalue weighted by molar-refractivity contribution is 0.563. The summed E-state index contributed by atoms with van der Waals surface area (Å²) in [7, 11) is -3.40. The highest BCUT2D eigenvalue weighted by molar-refractivity contribution is 7.99. The van der Waals surface area contributed by atoms with E-state index in [4.69, 9.17) is 0 Å². The maximum Gasteiger partial charge on any atom is 0.240 e. The van der Waals surface area contributed by atoms with Crippen LogP contribution in [0.2, 0.25) is 0 Å². The lowest BCUT2D eigenvalue weighted by Crippen LogP contribution is -2.34. The van der Waals surface area contributed by atoms with Gasteiger partial charge in [0.25, 0.3) is 0 Å². The van der Waals surface area contributed by atoms with Gasteiger partial charge in [-0.15, -0.1) is 0 Å². The average Bonchev–Trinajstić information content (AvgIpc) is 2.89. The molecule has 0 saturated carbocycles. The number of rotatable bonds is 6. The summed E-state index contributed by atoms with van der Waals surface area (Å²) in [6.07, 6.45) is 0.917. The fourth-order valence-electron chi connectivity index (χ4n) is 2.18. The van der Waals surface area contributed by atoms with Crippen molar-refractivity contribution >= 4 is 21.8 Å². The van der Waals surface area contributed by atoms with Gasteiger partial charge >= 0.3 is 0 Å². The number of hydrogen-bond donors (Lipinski definition) is 2. The number of aryl methyl sites for hydroxylation is 1. The van der Waals surface area contributed by atoms with Crippen molar-refractivity contribution in [3.05, 3.63) is 29.3 Å². The minimum atomic E-state index is -3.40. The molecular formula is C14H22N2O2S2. The molecule has 1 aliphatic rings. The van der Waals surface area contributed by atoms with E-state index in [-0.39, 0.29) is 6.04 Å². The van der Waals surface area contributed by atoms with Gasteiger partial charge in [0.05, 0.1) is 4.90 Å². The van der Waals surface area contributed by atoms with Crippen LogP contribution in [-0.2, 0) is 16.6 Å². The zero-order valence-electron chi connectivity index (χ0n) is 12.0. The monoisotopic (exact) mass is 314 g/mol. The first kappa shape index (κ1) is 15.8. The number of hydrogen-bond acceptors (Lipinski definition) is 4. The van der Waals surface area contributed by atoms with E-state index in [2.05, 4.69) is 10.0 Å². The van der Waals surface area contributed by atoms with Crippen LogP contribution in [0.1, 0.15) is 24.5 Å². The van der Waals surface area contributed by atoms with Crippen LogP contribution < -0.4 is 10.0 Å². The fraction of sp³-hybridized carbons (Fsp3) is 0.571. The predicted octanol–water partition coefficient (Wildman–Crippen LogP) is 1.89. The standard InChI is InChI=1S/C14H22N2O2S2/c1-3-15-9-12-8-14(5-4-11(12)2)20(17,18)16-13-6-7-19-10-13/h4-5,8,13,15-16H,3,6-7,9-10H2,1-2H3. The van der Waals surface area contributed by atoms with E-state index in [1.807, 2.05) is 19.9 Å². The molecule has 1 unspecified atom stereocenters. The van der Waals surface area contributed by atoms with E-state index >= 15 is 0 Å². The van der Waals surface area contributed by atoms with Crippen molar-refractivity contribution < 1.29 is 8.42 Å². The quantitative estimate of drug-likeness (QED) is 0.842. The Morgan fingerprint density at radius 3 is 2.85 bits per heavy atom. The van der Waals surface area contributed by atoms with Gasteiger partial charge in [-0.2, -0.15) is 11.8 Å². The van der Waals surface area contributed by atoms with Crippen molar-refractivity contribution in [2.45, 2.75) is 37.8 Å². The first-order valence-corrected chi connectivity index (χ1v) is 9.57. The predicted molar refractivity (Wildman–Crippen MR) is 84.6 cm³/mol. The summed E-state index contributed by atoms with van der Waals surface area (Å²) in [5, 5.41) is 3.24. The second-order valence-corrected chi connectivity index (χ2v) is 7.91. The lowest BCUT2D eigenvalue weighted by Gasteiger charge is -2.14. The molecule has 2 rings (SSSR count). The van der Waals surface area contributed by atoms with Crippen molar-refractivity contribution in [2.24, 2.45) is 0 Å². The zero-order chi connectivity index (χ0) is 14.6. The molecule has 0 bridgehead atoms. The molecule has 1 aliphatic heterocycles. The van der Waals surface area contributed by atoms with Crippen molar-refractivity contribution in [3.8, 4) is 0 Å². The minimum Gasteiger partial charge on any atom is -0.313 e. The Hall–Kier alpha value is -0.560. The van der Waals surface area contributed by atoms with Crippen molar-refractivity contribution in [1.29, 1.82) is 0 Å². The first-order valence-electron chi connectivity index (χ1n) is 6.93. The fourth-order valence-corrected chi connectivity index (χ4v) is 4.76. The summed E-state index contributed by atoms with van der Waals surface area (Å²) in [6, 6.07) is 5.42. The van der Waals surface area contributed by atoms with Crippen LogP contribution in [-0.4, -0.2) is 32.5 Å². The second-order valence-electron chi connectivity index (χ2n) is 5.05. The van der Waals surface area contributed by atoms with Crippen LogP contribution in [0.15, 0.2) is 23.1 Å². The van der Waals surface area contributed by atoms with Gasteiger partial charge in [-0.1, -0.05) is 13.0 Å². The highest BCUT2D eigenvalue weighted by Crippen LogP contribution is 2.21. The van der Waals surface area contributed by atoms with E-state index in [9.17, 15) is 8.42 Å². The molecule has 112 valence electrons. The summed E-state index contributed by atoms with van der Waals surface area (Å²) in [5.74, 6) is 1.90. The molecule has 20 heavy (non-hydrogen) atoms. The van der Waals surface area contributed by atoms with Gasteiger partial charge in [0.2, 0.25) is 10.0 Å². The molecule has 1 aromatic rings. The Kier molecular flexibility index (Phi) is 5.49. The third kappa shape index (κ3) is 3.97. The van der Waals surface area contributed by atoms with Crippen molar-refractivity contribution in [1.82, 2.24) is 10.0 Å². The first-order chi connectivity index (χ1) is 9.53. The number of benzene rings is 1. The molecule has 0 aromatic heterocycles. The average molecular weight is 314 g/mol. The minimum absolute atomic E-state index is 0.0727. The van der Waals surface area contributed by atoms with Crippen LogP contribution >= 0.6 is 11.8 Å². The third-order valence-electron chi connectivity index (χ3n) is 3.45. The van der Waals surface area contributed by atoms with Crippen molar-refractivity contribution in [3.63, 3.8) is 0 Å². The molecule has 2 N–H and O–H groups in total.